The Labute approximate surface area is 198 Å². The Morgan fingerprint density at radius 3 is 1.45 bits per heavy atom. The minimum Gasteiger partial charge on any atom is -0.506 e. The number of nitrogens with one attached hydrogen (secondary N) is 2. The van der Waals surface area contributed by atoms with Gasteiger partial charge in [-0.2, -0.15) is 27.0 Å². The number of hydrazone groups is 2. The average molecular weight is 481 g/mol. The van der Waals surface area contributed by atoms with E-state index >= 15 is 0 Å². The van der Waals surface area contributed by atoms with Crippen molar-refractivity contribution in [2.45, 2.75) is 9.79 Å². The van der Waals surface area contributed by atoms with Crippen LogP contribution in [0.25, 0.3) is 0 Å². The molecule has 0 aromatic heterocycles. The van der Waals surface area contributed by atoms with Gasteiger partial charge in [0.25, 0.3) is 20.2 Å². The van der Waals surface area contributed by atoms with Gasteiger partial charge in [0.05, 0.1) is 12.4 Å². The third-order valence-electron chi connectivity index (χ3n) is 3.28. The first-order valence-electron chi connectivity index (χ1n) is 7.61. The molecule has 0 bridgehead atoms. The molecule has 2 aromatic rings. The van der Waals surface area contributed by atoms with Crippen LogP contribution in [0.3, 0.4) is 0 Å². The van der Waals surface area contributed by atoms with Crippen molar-refractivity contribution >= 4 is 38.7 Å². The molecule has 2 amide bonds. The van der Waals surface area contributed by atoms with Gasteiger partial charge >= 0.3 is 35.6 Å². The van der Waals surface area contributed by atoms with Gasteiger partial charge in [-0.3, -0.25) is 9.11 Å². The summed E-state index contributed by atoms with van der Waals surface area (Å²) in [5, 5.41) is 25.9. The Morgan fingerprint density at radius 1 is 0.774 bits per heavy atom. The maximum atomic E-state index is 11.6. The summed E-state index contributed by atoms with van der Waals surface area (Å²) < 4.78 is 62.4. The molecule has 0 saturated heterocycles. The van der Waals surface area contributed by atoms with Crippen molar-refractivity contribution < 1.29 is 70.5 Å². The van der Waals surface area contributed by atoms with Gasteiger partial charge in [0.1, 0.15) is 21.3 Å². The van der Waals surface area contributed by atoms with Crippen LogP contribution < -0.4 is 40.4 Å². The first-order valence-corrected chi connectivity index (χ1v) is 10.5. The number of hydrogen-bond donors (Lipinski definition) is 6. The molecule has 2 aromatic carbocycles. The van der Waals surface area contributed by atoms with Gasteiger partial charge in [-0.05, 0) is 47.5 Å². The number of nitrogens with zero attached hydrogens (tertiary/aromatic N) is 2. The first-order chi connectivity index (χ1) is 13.9. The van der Waals surface area contributed by atoms with Gasteiger partial charge in [-0.1, -0.05) is 0 Å². The molecule has 0 fully saturated rings. The first kappa shape index (κ1) is 26.5. The van der Waals surface area contributed by atoms with E-state index in [4.69, 9.17) is 9.11 Å². The molecule has 13 nitrogen and oxygen atoms in total. The Balaban J connectivity index is 0.00000480. The van der Waals surface area contributed by atoms with Crippen molar-refractivity contribution in [1.29, 1.82) is 0 Å². The zero-order valence-electron chi connectivity index (χ0n) is 15.7. The topological polar surface area (TPSA) is 215 Å². The quantitative estimate of drug-likeness (QED) is 0.109. The van der Waals surface area contributed by atoms with E-state index in [1.54, 1.807) is 0 Å². The van der Waals surface area contributed by atoms with E-state index in [1.807, 2.05) is 10.9 Å². The Bertz CT molecular complexity index is 1150. The van der Waals surface area contributed by atoms with Crippen molar-refractivity contribution in [3.8, 4) is 11.5 Å². The van der Waals surface area contributed by atoms with Crippen LogP contribution in [0.4, 0.5) is 4.79 Å². The molecule has 0 spiro atoms. The molecule has 6 N–H and O–H groups in total. The van der Waals surface area contributed by atoms with Crippen LogP contribution in [0.5, 0.6) is 11.5 Å². The number of aromatic hydroxyl groups is 2. The predicted molar refractivity (Wildman–Crippen MR) is 103 cm³/mol. The van der Waals surface area contributed by atoms with Gasteiger partial charge in [-0.25, -0.2) is 15.6 Å². The van der Waals surface area contributed by atoms with Crippen LogP contribution in [0.2, 0.25) is 0 Å². The number of carbonyl (C=O) groups excluding carboxylic acids is 1. The van der Waals surface area contributed by atoms with E-state index in [1.165, 1.54) is 12.1 Å². The van der Waals surface area contributed by atoms with Crippen LogP contribution in [0.15, 0.2) is 56.4 Å². The Kier molecular flexibility index (Phi) is 9.12. The summed E-state index contributed by atoms with van der Waals surface area (Å²) in [5.74, 6) is -1.33. The van der Waals surface area contributed by atoms with Crippen LogP contribution in [0, 0.1) is 0 Å². The van der Waals surface area contributed by atoms with Gasteiger partial charge < -0.3 is 10.2 Å². The van der Waals surface area contributed by atoms with Crippen LogP contribution in [0.1, 0.15) is 11.1 Å². The molecule has 16 heteroatoms. The van der Waals surface area contributed by atoms with Crippen molar-refractivity contribution in [3.63, 3.8) is 0 Å². The van der Waals surface area contributed by atoms with Crippen LogP contribution in [-0.2, 0) is 20.2 Å². The molecule has 0 heterocycles. The maximum absolute atomic E-state index is 11.6. The summed E-state index contributed by atoms with van der Waals surface area (Å²) in [6, 6.07) is 5.46. The second kappa shape index (κ2) is 10.7. The van der Waals surface area contributed by atoms with E-state index in [0.29, 0.717) is 0 Å². The zero-order chi connectivity index (χ0) is 22.5. The second-order valence-electron chi connectivity index (χ2n) is 5.47. The average Bonchev–Trinajstić information content (AvgIpc) is 2.62. The van der Waals surface area contributed by atoms with Crippen molar-refractivity contribution in [3.05, 3.63) is 47.5 Å². The summed E-state index contributed by atoms with van der Waals surface area (Å²) in [6.45, 7) is 0. The fourth-order valence-corrected chi connectivity index (χ4v) is 3.23. The number of hydrogen-bond acceptors (Lipinski definition) is 9. The zero-order valence-corrected chi connectivity index (χ0v) is 19.3. The van der Waals surface area contributed by atoms with Gasteiger partial charge in [0.2, 0.25) is 0 Å². The van der Waals surface area contributed by atoms with Crippen molar-refractivity contribution in [2.24, 2.45) is 10.2 Å². The minimum atomic E-state index is -4.65. The predicted octanol–water partition coefficient (Wildman–Crippen LogP) is -2.74. The maximum Gasteiger partial charge on any atom is 1.00 e. The number of urea groups is 1. The van der Waals surface area contributed by atoms with E-state index in [9.17, 15) is 31.8 Å². The molecule has 0 aliphatic carbocycles. The molecule has 160 valence electrons. The van der Waals surface area contributed by atoms with Gasteiger partial charge in [0.15, 0.2) is 0 Å². The third kappa shape index (κ3) is 7.91. The number of rotatable bonds is 6. The summed E-state index contributed by atoms with van der Waals surface area (Å²) in [5.41, 5.74) is 4.24. The molecule has 0 saturated carbocycles. The fraction of sp³-hybridized carbons (Fsp3) is 0. The number of phenols is 2. The molecule has 0 unspecified atom stereocenters. The molecule has 0 atom stereocenters. The Hall–Kier alpha value is -2.53. The summed E-state index contributed by atoms with van der Waals surface area (Å²) in [6.07, 6.45) is 2.05. The molecular formula is C15H14N4NaO9S2+. The van der Waals surface area contributed by atoms with Gasteiger partial charge in [0, 0.05) is 0 Å². The smallest absolute Gasteiger partial charge is 0.506 e. The monoisotopic (exact) mass is 481 g/mol. The number of benzene rings is 2. The fourth-order valence-electron chi connectivity index (χ4n) is 1.99. The number of carbonyl (C=O) groups is 1. The van der Waals surface area contributed by atoms with E-state index in [2.05, 4.69) is 10.2 Å². The van der Waals surface area contributed by atoms with Crippen molar-refractivity contribution in [2.75, 3.05) is 0 Å². The molecule has 31 heavy (non-hydrogen) atoms. The number of phenolic OH excluding ortho intramolecular Hbond substituents is 2. The normalized spacial score (nSPS) is 11.9. The third-order valence-corrected chi connectivity index (χ3v) is 5.05. The largest absolute Gasteiger partial charge is 1.00 e. The van der Waals surface area contributed by atoms with E-state index in [-0.39, 0.29) is 40.7 Å². The molecule has 2 rings (SSSR count). The van der Waals surface area contributed by atoms with E-state index in [0.717, 1.165) is 36.7 Å². The molecular weight excluding hydrogens is 467 g/mol. The van der Waals surface area contributed by atoms with E-state index < -0.39 is 47.6 Å². The van der Waals surface area contributed by atoms with Crippen LogP contribution in [-0.4, -0.2) is 54.6 Å². The Morgan fingerprint density at radius 2 is 1.13 bits per heavy atom. The van der Waals surface area contributed by atoms with Crippen LogP contribution >= 0.6 is 0 Å². The van der Waals surface area contributed by atoms with Crippen molar-refractivity contribution in [1.82, 2.24) is 10.9 Å². The molecule has 0 radical (unpaired) electrons. The summed E-state index contributed by atoms with van der Waals surface area (Å²) >= 11 is 0. The summed E-state index contributed by atoms with van der Waals surface area (Å²) in [4.78, 5) is 10.1. The molecule has 0 aliphatic heterocycles. The second-order valence-corrected chi connectivity index (χ2v) is 8.25. The standard InChI is InChI=1S/C15H14N4O9S2.Na/c20-11-3-1-9(5-13(11)29(23,24)25)7-16-18-15(22)19-17-8-10-2-4-12(21)14(6-10)30(26,27)28;/h1-8,20-21H,(H2,18,19,22)(H,23,24,25)(H,26,27,28);/q;+1/b16-7+,17-8+;. The summed E-state index contributed by atoms with van der Waals surface area (Å²) in [7, 11) is -9.30. The van der Waals surface area contributed by atoms with Gasteiger partial charge in [-0.15, -0.1) is 0 Å². The minimum absolute atomic E-state index is 0. The SMILES string of the molecule is O=C(N/N=C/c1ccc(O)c(S(=O)(=O)O)c1)N/N=C/c1ccc(O)c(S(=O)(=O)O)c1.[Na+]. The number of amides is 2. The molecule has 0 aliphatic rings.